The topological polar surface area (TPSA) is 109 Å². The van der Waals surface area contributed by atoms with Crippen LogP contribution in [0.4, 0.5) is 11.4 Å². The zero-order valence-corrected chi connectivity index (χ0v) is 21.0. The van der Waals surface area contributed by atoms with Crippen LogP contribution in [-0.4, -0.2) is 60.9 Å². The normalized spacial score (nSPS) is 15.2. The number of anilines is 2. The highest BCUT2D eigenvalue weighted by Crippen LogP contribution is 2.40. The van der Waals surface area contributed by atoms with Crippen molar-refractivity contribution in [2.75, 3.05) is 43.1 Å². The predicted octanol–water partition coefficient (Wildman–Crippen LogP) is 2.58. The lowest BCUT2D eigenvalue weighted by Gasteiger charge is -2.27. The fourth-order valence-electron chi connectivity index (χ4n) is 4.23. The molecule has 0 saturated heterocycles. The average molecular weight is 482 g/mol. The summed E-state index contributed by atoms with van der Waals surface area (Å²) in [5, 5.41) is 0. The minimum atomic E-state index is -1.14. The second-order valence-electron chi connectivity index (χ2n) is 9.24. The molecule has 1 aliphatic rings. The summed E-state index contributed by atoms with van der Waals surface area (Å²) in [5.74, 6) is -0.163. The molecule has 3 rings (SSSR count). The fraction of sp³-hybridized carbons (Fsp3) is 0.462. The molecule has 2 heterocycles. The minimum absolute atomic E-state index is 0.213. The van der Waals surface area contributed by atoms with Gasteiger partial charge in [0.1, 0.15) is 11.2 Å². The Morgan fingerprint density at radius 1 is 1.09 bits per heavy atom. The molecule has 0 atom stereocenters. The summed E-state index contributed by atoms with van der Waals surface area (Å²) in [6.45, 7) is 8.14. The molecule has 0 aliphatic carbocycles. The highest BCUT2D eigenvalue weighted by molar-refractivity contribution is 6.20. The van der Waals surface area contributed by atoms with Gasteiger partial charge in [-0.05, 0) is 57.0 Å². The third kappa shape index (κ3) is 6.16. The molecule has 2 aromatic rings. The van der Waals surface area contributed by atoms with Gasteiger partial charge in [-0.15, -0.1) is 0 Å². The molecule has 188 valence electrons. The number of nitrogens with zero attached hydrogens (tertiary/aromatic N) is 4. The van der Waals surface area contributed by atoms with Crippen LogP contribution in [0.15, 0.2) is 42.7 Å². The zero-order chi connectivity index (χ0) is 25.6. The number of benzene rings is 1. The Labute approximate surface area is 206 Å². The quantitative estimate of drug-likeness (QED) is 0.390. The SMILES string of the molecule is CCN1C(=O)C(C)(C)C(=O)N(C)c2cc(OCCCN(CCC(N)=O)Cc3ccncc3)ccc21. The molecule has 0 spiro atoms. The largest absolute Gasteiger partial charge is 0.493 e. The van der Waals surface area contributed by atoms with E-state index in [1.807, 2.05) is 37.3 Å². The van der Waals surface area contributed by atoms with Crippen LogP contribution in [0.2, 0.25) is 0 Å². The third-order valence-corrected chi connectivity index (χ3v) is 6.25. The van der Waals surface area contributed by atoms with Crippen molar-refractivity contribution in [2.45, 2.75) is 40.2 Å². The highest BCUT2D eigenvalue weighted by Gasteiger charge is 2.45. The zero-order valence-electron chi connectivity index (χ0n) is 21.0. The van der Waals surface area contributed by atoms with Gasteiger partial charge in [0, 0.05) is 58.1 Å². The molecule has 0 saturated carbocycles. The lowest BCUT2D eigenvalue weighted by Crippen LogP contribution is -2.47. The second-order valence-corrected chi connectivity index (χ2v) is 9.24. The van der Waals surface area contributed by atoms with E-state index in [9.17, 15) is 14.4 Å². The van der Waals surface area contributed by atoms with Crippen LogP contribution in [0.25, 0.3) is 0 Å². The van der Waals surface area contributed by atoms with Crippen molar-refractivity contribution >= 4 is 29.1 Å². The third-order valence-electron chi connectivity index (χ3n) is 6.25. The summed E-state index contributed by atoms with van der Waals surface area (Å²) in [6, 6.07) is 9.37. The number of hydrogen-bond acceptors (Lipinski definition) is 6. The average Bonchev–Trinajstić information content (AvgIpc) is 2.89. The first-order valence-electron chi connectivity index (χ1n) is 11.9. The number of primary amides is 1. The first-order chi connectivity index (χ1) is 16.6. The van der Waals surface area contributed by atoms with Crippen LogP contribution in [0, 0.1) is 5.41 Å². The van der Waals surface area contributed by atoms with Crippen LogP contribution >= 0.6 is 0 Å². The van der Waals surface area contributed by atoms with E-state index in [4.69, 9.17) is 10.5 Å². The summed E-state index contributed by atoms with van der Waals surface area (Å²) in [7, 11) is 1.69. The molecule has 35 heavy (non-hydrogen) atoms. The summed E-state index contributed by atoms with van der Waals surface area (Å²) in [4.78, 5) is 46.7. The Morgan fingerprint density at radius 3 is 2.46 bits per heavy atom. The van der Waals surface area contributed by atoms with Gasteiger partial charge in [-0.25, -0.2) is 0 Å². The first-order valence-corrected chi connectivity index (χ1v) is 11.9. The van der Waals surface area contributed by atoms with Gasteiger partial charge in [0.05, 0.1) is 18.0 Å². The van der Waals surface area contributed by atoms with Gasteiger partial charge in [-0.1, -0.05) is 0 Å². The molecule has 1 aromatic heterocycles. The van der Waals surface area contributed by atoms with Gasteiger partial charge < -0.3 is 20.3 Å². The molecule has 3 amide bonds. The Hall–Kier alpha value is -3.46. The van der Waals surface area contributed by atoms with Crippen molar-refractivity contribution in [3.63, 3.8) is 0 Å². The number of hydrogen-bond donors (Lipinski definition) is 1. The Kier molecular flexibility index (Phi) is 8.45. The van der Waals surface area contributed by atoms with E-state index in [-0.39, 0.29) is 17.7 Å². The summed E-state index contributed by atoms with van der Waals surface area (Å²) >= 11 is 0. The summed E-state index contributed by atoms with van der Waals surface area (Å²) in [6.07, 6.45) is 4.53. The van der Waals surface area contributed by atoms with E-state index in [1.54, 1.807) is 38.2 Å². The molecule has 9 nitrogen and oxygen atoms in total. The number of amides is 3. The molecule has 0 unspecified atom stereocenters. The Bertz CT molecular complexity index is 1060. The highest BCUT2D eigenvalue weighted by atomic mass is 16.5. The molecular weight excluding hydrogens is 446 g/mol. The van der Waals surface area contributed by atoms with Gasteiger partial charge in [-0.2, -0.15) is 0 Å². The molecule has 0 bridgehead atoms. The number of ether oxygens (including phenoxy) is 1. The fourth-order valence-corrected chi connectivity index (χ4v) is 4.23. The van der Waals surface area contributed by atoms with Crippen molar-refractivity contribution < 1.29 is 19.1 Å². The molecule has 1 aromatic carbocycles. The summed E-state index contributed by atoms with van der Waals surface area (Å²) < 4.78 is 6.00. The maximum Gasteiger partial charge on any atom is 0.242 e. The van der Waals surface area contributed by atoms with E-state index in [2.05, 4.69) is 9.88 Å². The first kappa shape index (κ1) is 26.2. The molecule has 1 aliphatic heterocycles. The lowest BCUT2D eigenvalue weighted by atomic mass is 9.90. The molecule has 0 fully saturated rings. The van der Waals surface area contributed by atoms with E-state index in [0.29, 0.717) is 49.8 Å². The lowest BCUT2D eigenvalue weighted by molar-refractivity contribution is -0.137. The van der Waals surface area contributed by atoms with Gasteiger partial charge in [0.25, 0.3) is 0 Å². The van der Waals surface area contributed by atoms with Crippen molar-refractivity contribution in [3.05, 3.63) is 48.3 Å². The predicted molar refractivity (Wildman–Crippen MR) is 135 cm³/mol. The van der Waals surface area contributed by atoms with Gasteiger partial charge >= 0.3 is 0 Å². The van der Waals surface area contributed by atoms with Crippen molar-refractivity contribution in [2.24, 2.45) is 11.1 Å². The molecule has 0 radical (unpaired) electrons. The van der Waals surface area contributed by atoms with Crippen LogP contribution in [-0.2, 0) is 20.9 Å². The van der Waals surface area contributed by atoms with E-state index in [0.717, 1.165) is 18.5 Å². The van der Waals surface area contributed by atoms with Gasteiger partial charge in [0.15, 0.2) is 0 Å². The van der Waals surface area contributed by atoms with Crippen LogP contribution in [0.3, 0.4) is 0 Å². The number of pyridine rings is 1. The smallest absolute Gasteiger partial charge is 0.242 e. The Morgan fingerprint density at radius 2 is 1.80 bits per heavy atom. The van der Waals surface area contributed by atoms with Crippen molar-refractivity contribution in [1.82, 2.24) is 9.88 Å². The van der Waals surface area contributed by atoms with Gasteiger partial charge in [-0.3, -0.25) is 24.3 Å². The number of nitrogens with two attached hydrogens (primary N) is 1. The van der Waals surface area contributed by atoms with Gasteiger partial charge in [0.2, 0.25) is 17.7 Å². The van der Waals surface area contributed by atoms with E-state index < -0.39 is 5.41 Å². The number of carbonyl (C=O) groups is 3. The van der Waals surface area contributed by atoms with E-state index >= 15 is 0 Å². The molecular formula is C26H35N5O4. The van der Waals surface area contributed by atoms with Crippen molar-refractivity contribution in [3.8, 4) is 5.75 Å². The number of fused-ring (bicyclic) bond motifs is 1. The standard InChI is InChI=1S/C26H35N5O4/c1-5-31-21-8-7-20(17-22(21)29(4)24(33)26(2,3)25(31)34)35-16-6-14-30(15-11-23(27)32)18-19-9-12-28-13-10-19/h7-10,12-13,17H,5-6,11,14-16,18H2,1-4H3,(H2,27,32). The second kappa shape index (κ2) is 11.3. The van der Waals surface area contributed by atoms with Crippen LogP contribution < -0.4 is 20.3 Å². The van der Waals surface area contributed by atoms with E-state index in [1.165, 1.54) is 4.90 Å². The molecule has 9 heteroatoms. The summed E-state index contributed by atoms with van der Waals surface area (Å²) in [5.41, 5.74) is 6.66. The van der Waals surface area contributed by atoms with Crippen molar-refractivity contribution in [1.29, 1.82) is 0 Å². The monoisotopic (exact) mass is 481 g/mol. The minimum Gasteiger partial charge on any atom is -0.493 e. The number of carbonyl (C=O) groups excluding carboxylic acids is 3. The number of aromatic nitrogens is 1. The maximum absolute atomic E-state index is 13.0. The Balaban J connectivity index is 1.66. The number of rotatable bonds is 11. The van der Waals surface area contributed by atoms with Crippen LogP contribution in [0.5, 0.6) is 5.75 Å². The molecule has 2 N–H and O–H groups in total. The maximum atomic E-state index is 13.0. The van der Waals surface area contributed by atoms with Crippen LogP contribution in [0.1, 0.15) is 39.2 Å².